The Morgan fingerprint density at radius 1 is 1.16 bits per heavy atom. The number of likely N-dealkylation sites (tertiary alicyclic amines) is 2. The Hall–Kier alpha value is -2.99. The van der Waals surface area contributed by atoms with Crippen molar-refractivity contribution in [3.8, 4) is 0 Å². The van der Waals surface area contributed by atoms with Crippen molar-refractivity contribution in [2.45, 2.75) is 4.90 Å². The van der Waals surface area contributed by atoms with Crippen LogP contribution in [0.1, 0.15) is 0 Å². The van der Waals surface area contributed by atoms with Crippen LogP contribution in [0, 0.1) is 11.8 Å². The van der Waals surface area contributed by atoms with Crippen LogP contribution >= 0.6 is 11.8 Å². The van der Waals surface area contributed by atoms with Crippen molar-refractivity contribution in [1.82, 2.24) is 25.3 Å². The lowest BCUT2D eigenvalue weighted by atomic mass is 10.0. The van der Waals surface area contributed by atoms with Gasteiger partial charge in [0.05, 0.1) is 17.9 Å². The number of hydrogen-bond acceptors (Lipinski definition) is 9. The molecule has 4 aliphatic rings. The first-order valence-corrected chi connectivity index (χ1v) is 13.9. The molecule has 5 rings (SSSR count). The average molecular weight is 537 g/mol. The molecule has 1 amide bonds. The van der Waals surface area contributed by atoms with E-state index in [-0.39, 0.29) is 5.78 Å². The maximum Gasteiger partial charge on any atom is 0.216 e. The number of aliphatic imine (C=N–C) groups is 2. The zero-order valence-corrected chi connectivity index (χ0v) is 22.9. The van der Waals surface area contributed by atoms with E-state index in [2.05, 4.69) is 61.1 Å². The Morgan fingerprint density at radius 3 is 2.63 bits per heavy atom. The Kier molecular flexibility index (Phi) is 8.27. The number of amidine groups is 1. The van der Waals surface area contributed by atoms with Crippen LogP contribution in [-0.2, 0) is 9.59 Å². The molecular formula is C27H36N8O2S. The number of para-hydroxylation sites is 1. The average Bonchev–Trinajstić information content (AvgIpc) is 3.56. The maximum absolute atomic E-state index is 13.8. The van der Waals surface area contributed by atoms with Gasteiger partial charge in [-0.3, -0.25) is 29.4 Å². The first kappa shape index (κ1) is 26.6. The number of allylic oxidation sites excluding steroid dienone is 1. The number of likely N-dealkylation sites (N-methyl/N-ethyl adjacent to an activating group) is 1. The Bertz CT molecular complexity index is 1170. The minimum Gasteiger partial charge on any atom is -0.378 e. The van der Waals surface area contributed by atoms with Crippen LogP contribution in [0.25, 0.3) is 0 Å². The molecule has 0 aliphatic carbocycles. The third-order valence-corrected chi connectivity index (χ3v) is 8.70. The Labute approximate surface area is 228 Å². The van der Waals surface area contributed by atoms with Gasteiger partial charge in [0.2, 0.25) is 12.2 Å². The quantitative estimate of drug-likeness (QED) is 0.188. The normalized spacial score (nSPS) is 25.3. The van der Waals surface area contributed by atoms with Crippen molar-refractivity contribution in [2.75, 3.05) is 78.0 Å². The predicted molar refractivity (Wildman–Crippen MR) is 152 cm³/mol. The summed E-state index contributed by atoms with van der Waals surface area (Å²) in [6.45, 7) is 11.1. The number of anilines is 1. The third kappa shape index (κ3) is 5.42. The van der Waals surface area contributed by atoms with Crippen LogP contribution in [0.2, 0.25) is 0 Å². The minimum absolute atomic E-state index is 0.118. The summed E-state index contributed by atoms with van der Waals surface area (Å²) in [5, 5.41) is 6.93. The van der Waals surface area contributed by atoms with Crippen molar-refractivity contribution >= 4 is 42.2 Å². The number of fused-ring (bicyclic) bond motifs is 4. The fraction of sp³-hybridized carbons (Fsp3) is 0.481. The van der Waals surface area contributed by atoms with Gasteiger partial charge in [-0.1, -0.05) is 23.9 Å². The lowest BCUT2D eigenvalue weighted by molar-refractivity contribution is -0.112. The number of amides is 1. The molecule has 11 heteroatoms. The smallest absolute Gasteiger partial charge is 0.216 e. The van der Waals surface area contributed by atoms with Gasteiger partial charge in [-0.15, -0.1) is 0 Å². The SMILES string of the molecule is C=N/C=C1/C(=O)C(NCCN(C)CCNC=O)=C2Sc3ccccc3N2/C1=N/CN1CC2CN(C)CC2C1. The molecule has 2 N–H and O–H groups in total. The van der Waals surface area contributed by atoms with E-state index in [0.717, 1.165) is 48.3 Å². The topological polar surface area (TPSA) is 95.9 Å². The number of Topliss-reactive ketones (excluding diaryl/α,β-unsaturated/α-hetero) is 1. The van der Waals surface area contributed by atoms with Gasteiger partial charge in [-0.2, -0.15) is 0 Å². The molecular weight excluding hydrogens is 500 g/mol. The van der Waals surface area contributed by atoms with Gasteiger partial charge in [0.15, 0.2) is 0 Å². The van der Waals surface area contributed by atoms with Crippen LogP contribution in [0.15, 0.2) is 61.6 Å². The molecule has 0 bridgehead atoms. The van der Waals surface area contributed by atoms with Crippen LogP contribution in [0.5, 0.6) is 0 Å². The van der Waals surface area contributed by atoms with Gasteiger partial charge < -0.3 is 20.4 Å². The zero-order chi connectivity index (χ0) is 26.6. The number of thioether (sulfide) groups is 1. The molecule has 4 aliphatic heterocycles. The van der Waals surface area contributed by atoms with E-state index in [0.29, 0.717) is 61.7 Å². The lowest BCUT2D eigenvalue weighted by Gasteiger charge is -2.31. The fourth-order valence-electron chi connectivity index (χ4n) is 5.74. The standard InChI is InChI=1S/C27H36N8O2S/c1-28-12-21-25(37)24(30-9-11-32(2)10-8-29-18-36)27-35(22-6-4-5-7-23(22)38-27)26(21)31-17-34-15-19-13-33(3)14-20(19)16-34/h4-7,12,18-20,30H,1,8-11,13-17H2,2-3H3,(H,29,36)/b21-12-,31-26+. The van der Waals surface area contributed by atoms with E-state index in [1.165, 1.54) is 6.20 Å². The van der Waals surface area contributed by atoms with E-state index >= 15 is 0 Å². The second-order valence-electron chi connectivity index (χ2n) is 10.3. The summed E-state index contributed by atoms with van der Waals surface area (Å²) in [6.07, 6.45) is 2.24. The molecule has 0 aromatic heterocycles. The second kappa shape index (κ2) is 11.8. The fourth-order valence-corrected chi connectivity index (χ4v) is 6.90. The Balaban J connectivity index is 1.39. The first-order valence-electron chi connectivity index (χ1n) is 13.1. The van der Waals surface area contributed by atoms with E-state index in [1.807, 2.05) is 19.2 Å². The Morgan fingerprint density at radius 2 is 1.89 bits per heavy atom. The molecule has 0 spiro atoms. The first-order chi connectivity index (χ1) is 18.5. The highest BCUT2D eigenvalue weighted by Crippen LogP contribution is 2.49. The molecule has 0 radical (unpaired) electrons. The highest BCUT2D eigenvalue weighted by atomic mass is 32.2. The van der Waals surface area contributed by atoms with E-state index in [1.54, 1.807) is 11.8 Å². The molecule has 0 saturated carbocycles. The van der Waals surface area contributed by atoms with E-state index in [9.17, 15) is 9.59 Å². The predicted octanol–water partition coefficient (Wildman–Crippen LogP) is 1.05. The van der Waals surface area contributed by atoms with Crippen molar-refractivity contribution in [2.24, 2.45) is 21.8 Å². The van der Waals surface area contributed by atoms with Crippen LogP contribution in [0.3, 0.4) is 0 Å². The largest absolute Gasteiger partial charge is 0.378 e. The van der Waals surface area contributed by atoms with Crippen LogP contribution in [0.4, 0.5) is 5.69 Å². The van der Waals surface area contributed by atoms with Gasteiger partial charge in [-0.05, 0) is 44.8 Å². The number of carbonyl (C=O) groups excluding carboxylic acids is 2. The molecule has 2 atom stereocenters. The van der Waals surface area contributed by atoms with Crippen molar-refractivity contribution in [3.63, 3.8) is 0 Å². The number of nitrogens with zero attached hydrogens (tertiary/aromatic N) is 6. The van der Waals surface area contributed by atoms with E-state index in [4.69, 9.17) is 4.99 Å². The number of carbonyl (C=O) groups is 2. The highest BCUT2D eigenvalue weighted by molar-refractivity contribution is 8.03. The van der Waals surface area contributed by atoms with Gasteiger partial charge in [0.1, 0.15) is 16.6 Å². The van der Waals surface area contributed by atoms with Gasteiger partial charge in [0, 0.05) is 63.5 Å². The van der Waals surface area contributed by atoms with Crippen molar-refractivity contribution in [3.05, 3.63) is 46.8 Å². The summed E-state index contributed by atoms with van der Waals surface area (Å²) in [5.41, 5.74) is 2.02. The van der Waals surface area contributed by atoms with Crippen molar-refractivity contribution in [1.29, 1.82) is 0 Å². The van der Waals surface area contributed by atoms with Gasteiger partial charge in [0.25, 0.3) is 0 Å². The summed E-state index contributed by atoms with van der Waals surface area (Å²) < 4.78 is 0. The number of nitrogens with one attached hydrogen (secondary N) is 2. The molecule has 1 aromatic rings. The van der Waals surface area contributed by atoms with Crippen molar-refractivity contribution < 1.29 is 9.59 Å². The number of benzene rings is 1. The van der Waals surface area contributed by atoms with Crippen LogP contribution in [-0.4, -0.2) is 113 Å². The monoisotopic (exact) mass is 536 g/mol. The number of hydrogen-bond donors (Lipinski definition) is 2. The zero-order valence-electron chi connectivity index (χ0n) is 22.1. The van der Waals surface area contributed by atoms with E-state index < -0.39 is 0 Å². The molecule has 38 heavy (non-hydrogen) atoms. The molecule has 10 nitrogen and oxygen atoms in total. The third-order valence-electron chi connectivity index (χ3n) is 7.56. The minimum atomic E-state index is -0.118. The molecule has 1 aromatic carbocycles. The van der Waals surface area contributed by atoms with Gasteiger partial charge >= 0.3 is 0 Å². The summed E-state index contributed by atoms with van der Waals surface area (Å²) in [5.74, 6) is 1.90. The van der Waals surface area contributed by atoms with Gasteiger partial charge in [-0.25, -0.2) is 0 Å². The highest BCUT2D eigenvalue weighted by Gasteiger charge is 2.42. The lowest BCUT2D eigenvalue weighted by Crippen LogP contribution is -2.43. The summed E-state index contributed by atoms with van der Waals surface area (Å²) in [6, 6.07) is 8.17. The number of ketones is 1. The molecule has 2 fully saturated rings. The maximum atomic E-state index is 13.8. The summed E-state index contributed by atoms with van der Waals surface area (Å²) in [7, 11) is 4.18. The second-order valence-corrected chi connectivity index (χ2v) is 11.4. The number of rotatable bonds is 11. The van der Waals surface area contributed by atoms with Crippen LogP contribution < -0.4 is 15.5 Å². The molecule has 4 heterocycles. The summed E-state index contributed by atoms with van der Waals surface area (Å²) >= 11 is 1.59. The molecule has 2 saturated heterocycles. The summed E-state index contributed by atoms with van der Waals surface area (Å²) in [4.78, 5) is 43.5. The molecule has 202 valence electrons. The molecule has 2 unspecified atom stereocenters.